The van der Waals surface area contributed by atoms with Crippen LogP contribution in [0.5, 0.6) is 5.75 Å². The molecule has 0 saturated carbocycles. The molecule has 1 N–H and O–H groups in total. The number of benzene rings is 2. The predicted molar refractivity (Wildman–Crippen MR) is 80.8 cm³/mol. The van der Waals surface area contributed by atoms with Gasteiger partial charge in [0.25, 0.3) is 0 Å². The number of nitrogens with zero attached hydrogens (tertiary/aromatic N) is 2. The van der Waals surface area contributed by atoms with E-state index in [2.05, 4.69) is 15.3 Å². The number of hydrogen-bond donors (Lipinski definition) is 1. The maximum absolute atomic E-state index is 13.0. The Bertz CT molecular complexity index is 832. The number of aromatic nitrogens is 2. The van der Waals surface area contributed by atoms with Gasteiger partial charge in [-0.05, 0) is 36.4 Å². The summed E-state index contributed by atoms with van der Waals surface area (Å²) in [5.41, 5.74) is 0.827. The third-order valence-electron chi connectivity index (χ3n) is 3.21. The van der Waals surface area contributed by atoms with Crippen molar-refractivity contribution in [2.45, 2.75) is 6.18 Å². The summed E-state index contributed by atoms with van der Waals surface area (Å²) in [6.45, 7) is 0. The molecular formula is C16H12F3N3O. The fourth-order valence-electron chi connectivity index (χ4n) is 2.11. The monoisotopic (exact) mass is 319 g/mol. The maximum atomic E-state index is 13.0. The van der Waals surface area contributed by atoms with Crippen LogP contribution in [0.25, 0.3) is 10.9 Å². The zero-order valence-electron chi connectivity index (χ0n) is 12.1. The molecule has 0 amide bonds. The van der Waals surface area contributed by atoms with Crippen LogP contribution in [0, 0.1) is 0 Å². The van der Waals surface area contributed by atoms with Crippen molar-refractivity contribution in [3.63, 3.8) is 0 Å². The van der Waals surface area contributed by atoms with Crippen LogP contribution in [0.4, 0.5) is 24.7 Å². The van der Waals surface area contributed by atoms with Crippen molar-refractivity contribution < 1.29 is 17.9 Å². The fourth-order valence-corrected chi connectivity index (χ4v) is 2.11. The Morgan fingerprint density at radius 3 is 2.30 bits per heavy atom. The van der Waals surface area contributed by atoms with E-state index in [1.165, 1.54) is 13.2 Å². The molecule has 0 bridgehead atoms. The lowest BCUT2D eigenvalue weighted by atomic mass is 10.2. The van der Waals surface area contributed by atoms with E-state index in [1.54, 1.807) is 42.5 Å². The lowest BCUT2D eigenvalue weighted by Crippen LogP contribution is -2.12. The van der Waals surface area contributed by atoms with Gasteiger partial charge < -0.3 is 10.1 Å². The molecule has 4 nitrogen and oxygen atoms in total. The van der Waals surface area contributed by atoms with Crippen molar-refractivity contribution in [2.24, 2.45) is 0 Å². The highest BCUT2D eigenvalue weighted by atomic mass is 19.4. The topological polar surface area (TPSA) is 47.0 Å². The Balaban J connectivity index is 2.07. The molecule has 118 valence electrons. The van der Waals surface area contributed by atoms with Gasteiger partial charge >= 0.3 is 6.18 Å². The van der Waals surface area contributed by atoms with Gasteiger partial charge in [-0.2, -0.15) is 13.2 Å². The van der Waals surface area contributed by atoms with Crippen molar-refractivity contribution >= 4 is 22.4 Å². The highest BCUT2D eigenvalue weighted by Crippen LogP contribution is 2.31. The highest BCUT2D eigenvalue weighted by Gasteiger charge is 2.35. The minimum absolute atomic E-state index is 0.105. The summed E-state index contributed by atoms with van der Waals surface area (Å²) in [7, 11) is 1.54. The maximum Gasteiger partial charge on any atom is 0.451 e. The zero-order valence-corrected chi connectivity index (χ0v) is 12.1. The van der Waals surface area contributed by atoms with Crippen LogP contribution in [-0.4, -0.2) is 17.1 Å². The average Bonchev–Trinajstić information content (AvgIpc) is 2.54. The molecular weight excluding hydrogens is 307 g/mol. The minimum atomic E-state index is -4.61. The third-order valence-corrected chi connectivity index (χ3v) is 3.21. The molecule has 0 aliphatic carbocycles. The molecule has 2 aromatic carbocycles. The van der Waals surface area contributed by atoms with Gasteiger partial charge in [-0.25, -0.2) is 9.97 Å². The van der Waals surface area contributed by atoms with E-state index >= 15 is 0 Å². The Kier molecular flexibility index (Phi) is 3.77. The van der Waals surface area contributed by atoms with Gasteiger partial charge in [0.2, 0.25) is 5.82 Å². The smallest absolute Gasteiger partial charge is 0.451 e. The molecule has 0 radical (unpaired) electrons. The second-order valence-corrected chi connectivity index (χ2v) is 4.76. The van der Waals surface area contributed by atoms with Gasteiger partial charge in [-0.3, -0.25) is 0 Å². The summed E-state index contributed by atoms with van der Waals surface area (Å²) in [6, 6.07) is 13.3. The third kappa shape index (κ3) is 3.18. The number of ether oxygens (including phenoxy) is 1. The number of nitrogens with one attached hydrogen (secondary N) is 1. The summed E-state index contributed by atoms with van der Waals surface area (Å²) in [5, 5.41) is 3.41. The molecule has 0 aliphatic rings. The Morgan fingerprint density at radius 2 is 1.65 bits per heavy atom. The van der Waals surface area contributed by atoms with Gasteiger partial charge in [0.1, 0.15) is 11.6 Å². The number of anilines is 2. The normalized spacial score (nSPS) is 11.5. The molecule has 0 spiro atoms. The Morgan fingerprint density at radius 1 is 0.957 bits per heavy atom. The standard InChI is InChI=1S/C16H12F3N3O/c1-23-11-8-6-10(7-9-11)20-14-12-4-2-3-5-13(12)21-15(22-14)16(17,18)19/h2-9H,1H3,(H,20,21,22). The van der Waals surface area contributed by atoms with E-state index in [0.717, 1.165) is 0 Å². The van der Waals surface area contributed by atoms with Crippen molar-refractivity contribution in [1.29, 1.82) is 0 Å². The van der Waals surface area contributed by atoms with Crippen LogP contribution in [0.1, 0.15) is 5.82 Å². The molecule has 0 atom stereocenters. The van der Waals surface area contributed by atoms with E-state index in [1.807, 2.05) is 0 Å². The number of rotatable bonds is 3. The first kappa shape index (κ1) is 15.1. The Labute approximate surface area is 129 Å². The molecule has 3 aromatic rings. The van der Waals surface area contributed by atoms with Crippen molar-refractivity contribution in [3.05, 3.63) is 54.4 Å². The first-order valence-electron chi connectivity index (χ1n) is 6.72. The second kappa shape index (κ2) is 5.75. The number of para-hydroxylation sites is 1. The zero-order chi connectivity index (χ0) is 16.4. The molecule has 0 saturated heterocycles. The molecule has 1 heterocycles. The van der Waals surface area contributed by atoms with Crippen LogP contribution in [0.15, 0.2) is 48.5 Å². The predicted octanol–water partition coefficient (Wildman–Crippen LogP) is 4.40. The summed E-state index contributed by atoms with van der Waals surface area (Å²) < 4.78 is 43.9. The number of halogens is 3. The van der Waals surface area contributed by atoms with E-state index in [-0.39, 0.29) is 11.3 Å². The van der Waals surface area contributed by atoms with Crippen LogP contribution in [0.3, 0.4) is 0 Å². The number of hydrogen-bond acceptors (Lipinski definition) is 4. The largest absolute Gasteiger partial charge is 0.497 e. The van der Waals surface area contributed by atoms with Crippen molar-refractivity contribution in [1.82, 2.24) is 9.97 Å². The number of methoxy groups -OCH3 is 1. The molecule has 3 rings (SSSR count). The van der Waals surface area contributed by atoms with E-state index in [0.29, 0.717) is 16.8 Å². The molecule has 0 aliphatic heterocycles. The van der Waals surface area contributed by atoms with Crippen molar-refractivity contribution in [2.75, 3.05) is 12.4 Å². The lowest BCUT2D eigenvalue weighted by molar-refractivity contribution is -0.144. The average molecular weight is 319 g/mol. The highest BCUT2D eigenvalue weighted by molar-refractivity contribution is 5.90. The first-order chi connectivity index (χ1) is 11.0. The first-order valence-corrected chi connectivity index (χ1v) is 6.72. The summed E-state index contributed by atoms with van der Waals surface area (Å²) in [5.74, 6) is -0.417. The van der Waals surface area contributed by atoms with Gasteiger partial charge in [0.05, 0.1) is 12.6 Å². The summed E-state index contributed by atoms with van der Waals surface area (Å²) in [6.07, 6.45) is -4.61. The van der Waals surface area contributed by atoms with Gasteiger partial charge in [0, 0.05) is 11.1 Å². The summed E-state index contributed by atoms with van der Waals surface area (Å²) >= 11 is 0. The fraction of sp³-hybridized carbons (Fsp3) is 0.125. The number of fused-ring (bicyclic) bond motifs is 1. The quantitative estimate of drug-likeness (QED) is 0.777. The van der Waals surface area contributed by atoms with Gasteiger partial charge in [0.15, 0.2) is 0 Å². The van der Waals surface area contributed by atoms with Crippen LogP contribution < -0.4 is 10.1 Å². The Hall–Kier alpha value is -2.83. The van der Waals surface area contributed by atoms with Crippen LogP contribution in [0.2, 0.25) is 0 Å². The van der Waals surface area contributed by atoms with Gasteiger partial charge in [-0.15, -0.1) is 0 Å². The van der Waals surface area contributed by atoms with Gasteiger partial charge in [-0.1, -0.05) is 12.1 Å². The lowest BCUT2D eigenvalue weighted by Gasteiger charge is -2.12. The molecule has 0 fully saturated rings. The van der Waals surface area contributed by atoms with Crippen LogP contribution >= 0.6 is 0 Å². The van der Waals surface area contributed by atoms with Crippen LogP contribution in [-0.2, 0) is 6.18 Å². The second-order valence-electron chi connectivity index (χ2n) is 4.76. The SMILES string of the molecule is COc1ccc(Nc2nc(C(F)(F)F)nc3ccccc23)cc1. The number of alkyl halides is 3. The molecule has 7 heteroatoms. The molecule has 1 aromatic heterocycles. The minimum Gasteiger partial charge on any atom is -0.497 e. The van der Waals surface area contributed by atoms with E-state index in [4.69, 9.17) is 4.74 Å². The van der Waals surface area contributed by atoms with E-state index < -0.39 is 12.0 Å². The molecule has 23 heavy (non-hydrogen) atoms. The van der Waals surface area contributed by atoms with E-state index in [9.17, 15) is 13.2 Å². The van der Waals surface area contributed by atoms with Crippen molar-refractivity contribution in [3.8, 4) is 5.75 Å². The molecule has 0 unspecified atom stereocenters. The summed E-state index contributed by atoms with van der Waals surface area (Å²) in [4.78, 5) is 7.21.